The zero-order chi connectivity index (χ0) is 14.1. The molecule has 0 fully saturated rings. The van der Waals surface area contributed by atoms with Crippen molar-refractivity contribution < 1.29 is 14.6 Å². The minimum atomic E-state index is -0.168. The normalized spacial score (nSPS) is 11.9. The Hall–Kier alpha value is -1.62. The molecule has 0 saturated carbocycles. The van der Waals surface area contributed by atoms with Crippen LogP contribution in [0.4, 0.5) is 0 Å². The third-order valence-corrected chi connectivity index (χ3v) is 3.03. The average molecular weight is 266 g/mol. The second-order valence-corrected chi connectivity index (χ2v) is 4.45. The molecule has 2 N–H and O–H groups in total. The fraction of sp³-hybridized carbons (Fsp3) is 0.571. The first-order valence-electron chi connectivity index (χ1n) is 6.60. The predicted octanol–water partition coefficient (Wildman–Crippen LogP) is 1.62. The van der Waals surface area contributed by atoms with Crippen LogP contribution in [0.2, 0.25) is 0 Å². The number of nitrogens with one attached hydrogen (secondary N) is 1. The van der Waals surface area contributed by atoms with Crippen molar-refractivity contribution in [2.24, 2.45) is 5.92 Å². The SMILES string of the molecule is CCCC(CCO)CNC(=O)c1ccncc1OC. The van der Waals surface area contributed by atoms with Gasteiger partial charge < -0.3 is 15.2 Å². The summed E-state index contributed by atoms with van der Waals surface area (Å²) < 4.78 is 5.10. The van der Waals surface area contributed by atoms with Crippen molar-refractivity contribution in [1.82, 2.24) is 10.3 Å². The van der Waals surface area contributed by atoms with Gasteiger partial charge in [-0.05, 0) is 24.8 Å². The molecule has 19 heavy (non-hydrogen) atoms. The quantitative estimate of drug-likeness (QED) is 0.750. The molecular formula is C14H22N2O3. The summed E-state index contributed by atoms with van der Waals surface area (Å²) in [6, 6.07) is 1.63. The number of carbonyl (C=O) groups excluding carboxylic acids is 1. The number of amides is 1. The van der Waals surface area contributed by atoms with Gasteiger partial charge in [0.15, 0.2) is 0 Å². The minimum absolute atomic E-state index is 0.152. The van der Waals surface area contributed by atoms with Crippen LogP contribution in [0, 0.1) is 5.92 Å². The molecular weight excluding hydrogens is 244 g/mol. The van der Waals surface area contributed by atoms with Gasteiger partial charge in [-0.2, -0.15) is 0 Å². The summed E-state index contributed by atoms with van der Waals surface area (Å²) in [5.41, 5.74) is 0.483. The summed E-state index contributed by atoms with van der Waals surface area (Å²) in [4.78, 5) is 16.0. The number of hydrogen-bond donors (Lipinski definition) is 2. The number of pyridine rings is 1. The van der Waals surface area contributed by atoms with Crippen LogP contribution >= 0.6 is 0 Å². The zero-order valence-electron chi connectivity index (χ0n) is 11.6. The van der Waals surface area contributed by atoms with Gasteiger partial charge in [-0.1, -0.05) is 13.3 Å². The van der Waals surface area contributed by atoms with Gasteiger partial charge in [-0.15, -0.1) is 0 Å². The monoisotopic (exact) mass is 266 g/mol. The van der Waals surface area contributed by atoms with E-state index in [0.29, 0.717) is 30.2 Å². The topological polar surface area (TPSA) is 71.5 Å². The van der Waals surface area contributed by atoms with E-state index in [1.54, 1.807) is 12.3 Å². The summed E-state index contributed by atoms with van der Waals surface area (Å²) >= 11 is 0. The summed E-state index contributed by atoms with van der Waals surface area (Å²) in [5.74, 6) is 0.610. The fourth-order valence-corrected chi connectivity index (χ4v) is 2.00. The molecule has 0 radical (unpaired) electrons. The second-order valence-electron chi connectivity index (χ2n) is 4.45. The molecule has 1 rings (SSSR count). The number of methoxy groups -OCH3 is 1. The standard InChI is InChI=1S/C14H22N2O3/c1-3-4-11(6-8-17)9-16-14(18)12-5-7-15-10-13(12)19-2/h5,7,10-11,17H,3-4,6,8-9H2,1-2H3,(H,16,18). The van der Waals surface area contributed by atoms with E-state index in [1.807, 2.05) is 0 Å². The number of hydrogen-bond acceptors (Lipinski definition) is 4. The van der Waals surface area contributed by atoms with Gasteiger partial charge in [0.05, 0.1) is 18.9 Å². The van der Waals surface area contributed by atoms with Crippen molar-refractivity contribution in [1.29, 1.82) is 0 Å². The molecule has 106 valence electrons. The Labute approximate surface area is 114 Å². The molecule has 0 aliphatic carbocycles. The average Bonchev–Trinajstić information content (AvgIpc) is 2.44. The van der Waals surface area contributed by atoms with E-state index in [4.69, 9.17) is 9.84 Å². The summed E-state index contributed by atoms with van der Waals surface area (Å²) in [6.45, 7) is 2.82. The van der Waals surface area contributed by atoms with Gasteiger partial charge in [-0.3, -0.25) is 9.78 Å². The number of aliphatic hydroxyl groups is 1. The Bertz CT molecular complexity index is 390. The number of nitrogens with zero attached hydrogens (tertiary/aromatic N) is 1. The van der Waals surface area contributed by atoms with Crippen molar-refractivity contribution in [2.75, 3.05) is 20.3 Å². The van der Waals surface area contributed by atoms with Crippen LogP contribution in [-0.4, -0.2) is 36.3 Å². The summed E-state index contributed by atoms with van der Waals surface area (Å²) in [7, 11) is 1.51. The Morgan fingerprint density at radius 2 is 2.32 bits per heavy atom. The number of ether oxygens (including phenoxy) is 1. The van der Waals surface area contributed by atoms with Gasteiger partial charge in [0.2, 0.25) is 0 Å². The van der Waals surface area contributed by atoms with Gasteiger partial charge >= 0.3 is 0 Å². The molecule has 5 heteroatoms. The molecule has 1 unspecified atom stereocenters. The largest absolute Gasteiger partial charge is 0.494 e. The molecule has 1 aromatic rings. The van der Waals surface area contributed by atoms with E-state index in [0.717, 1.165) is 12.8 Å². The molecule has 0 aromatic carbocycles. The van der Waals surface area contributed by atoms with Crippen LogP contribution < -0.4 is 10.1 Å². The lowest BCUT2D eigenvalue weighted by molar-refractivity contribution is 0.0939. The number of aromatic nitrogens is 1. The third-order valence-electron chi connectivity index (χ3n) is 3.03. The van der Waals surface area contributed by atoms with Crippen molar-refractivity contribution in [2.45, 2.75) is 26.2 Å². The molecule has 0 aliphatic heterocycles. The highest BCUT2D eigenvalue weighted by Gasteiger charge is 2.14. The molecule has 0 bridgehead atoms. The van der Waals surface area contributed by atoms with E-state index in [-0.39, 0.29) is 12.5 Å². The van der Waals surface area contributed by atoms with Gasteiger partial charge in [-0.25, -0.2) is 0 Å². The highest BCUT2D eigenvalue weighted by atomic mass is 16.5. The van der Waals surface area contributed by atoms with Crippen molar-refractivity contribution in [3.05, 3.63) is 24.0 Å². The molecule has 0 saturated heterocycles. The Balaban J connectivity index is 2.58. The third kappa shape index (κ3) is 4.87. The maximum atomic E-state index is 12.1. The first-order chi connectivity index (χ1) is 9.22. The molecule has 0 spiro atoms. The second kappa shape index (κ2) is 8.48. The van der Waals surface area contributed by atoms with E-state index < -0.39 is 0 Å². The number of rotatable bonds is 8. The molecule has 1 aromatic heterocycles. The predicted molar refractivity (Wildman–Crippen MR) is 73.2 cm³/mol. The summed E-state index contributed by atoms with van der Waals surface area (Å²) in [5, 5.41) is 11.9. The molecule has 1 atom stereocenters. The Morgan fingerprint density at radius 1 is 1.53 bits per heavy atom. The van der Waals surface area contributed by atoms with Crippen LogP contribution in [0.15, 0.2) is 18.5 Å². The van der Waals surface area contributed by atoms with E-state index in [2.05, 4.69) is 17.2 Å². The Kier molecular flexibility index (Phi) is 6.89. The highest BCUT2D eigenvalue weighted by molar-refractivity contribution is 5.96. The molecule has 0 aliphatic rings. The van der Waals surface area contributed by atoms with Crippen LogP contribution in [0.3, 0.4) is 0 Å². The van der Waals surface area contributed by atoms with Crippen molar-refractivity contribution in [3.63, 3.8) is 0 Å². The lowest BCUT2D eigenvalue weighted by atomic mass is 10.00. The van der Waals surface area contributed by atoms with Gasteiger partial charge in [0, 0.05) is 19.3 Å². The maximum Gasteiger partial charge on any atom is 0.255 e. The van der Waals surface area contributed by atoms with Gasteiger partial charge in [0.25, 0.3) is 5.91 Å². The number of aliphatic hydroxyl groups excluding tert-OH is 1. The fourth-order valence-electron chi connectivity index (χ4n) is 2.00. The van der Waals surface area contributed by atoms with E-state index in [9.17, 15) is 4.79 Å². The lowest BCUT2D eigenvalue weighted by Crippen LogP contribution is -2.30. The smallest absolute Gasteiger partial charge is 0.255 e. The van der Waals surface area contributed by atoms with Crippen LogP contribution in [0.25, 0.3) is 0 Å². The lowest BCUT2D eigenvalue weighted by Gasteiger charge is -2.16. The van der Waals surface area contributed by atoms with Crippen molar-refractivity contribution in [3.8, 4) is 5.75 Å². The van der Waals surface area contributed by atoms with E-state index >= 15 is 0 Å². The maximum absolute atomic E-state index is 12.1. The highest BCUT2D eigenvalue weighted by Crippen LogP contribution is 2.16. The number of carbonyl (C=O) groups is 1. The molecule has 1 heterocycles. The zero-order valence-corrected chi connectivity index (χ0v) is 11.6. The van der Waals surface area contributed by atoms with Crippen molar-refractivity contribution >= 4 is 5.91 Å². The van der Waals surface area contributed by atoms with Crippen LogP contribution in [0.5, 0.6) is 5.75 Å². The van der Waals surface area contributed by atoms with Crippen LogP contribution in [-0.2, 0) is 0 Å². The Morgan fingerprint density at radius 3 is 2.95 bits per heavy atom. The minimum Gasteiger partial charge on any atom is -0.494 e. The first-order valence-corrected chi connectivity index (χ1v) is 6.60. The molecule has 5 nitrogen and oxygen atoms in total. The molecule has 1 amide bonds. The first kappa shape index (κ1) is 15.4. The van der Waals surface area contributed by atoms with E-state index in [1.165, 1.54) is 13.3 Å². The van der Waals surface area contributed by atoms with Crippen LogP contribution in [0.1, 0.15) is 36.5 Å². The summed E-state index contributed by atoms with van der Waals surface area (Å²) in [6.07, 6.45) is 5.83. The van der Waals surface area contributed by atoms with Gasteiger partial charge in [0.1, 0.15) is 5.75 Å².